The van der Waals surface area contributed by atoms with Crippen LogP contribution in [0, 0.1) is 0 Å². The summed E-state index contributed by atoms with van der Waals surface area (Å²) < 4.78 is 15.8. The number of carbonyl (C=O) groups excluding carboxylic acids is 1. The van der Waals surface area contributed by atoms with E-state index in [1.54, 1.807) is 43.4 Å². The van der Waals surface area contributed by atoms with E-state index in [0.717, 1.165) is 0 Å². The highest BCUT2D eigenvalue weighted by atomic mass is 16.5. The number of rotatable bonds is 4. The molecule has 1 aromatic carbocycles. The number of ether oxygens (including phenoxy) is 2. The minimum absolute atomic E-state index is 0.199. The number of piperazine rings is 1. The van der Waals surface area contributed by atoms with Crippen molar-refractivity contribution in [1.29, 1.82) is 0 Å². The van der Waals surface area contributed by atoms with E-state index >= 15 is 0 Å². The van der Waals surface area contributed by atoms with Gasteiger partial charge in [0, 0.05) is 43.7 Å². The summed E-state index contributed by atoms with van der Waals surface area (Å²) in [5.41, 5.74) is 6.84. The van der Waals surface area contributed by atoms with Crippen LogP contribution in [0.2, 0.25) is 0 Å². The molecule has 0 bridgehead atoms. The number of anilines is 3. The summed E-state index contributed by atoms with van der Waals surface area (Å²) in [4.78, 5) is 25.1. The number of nitrogens with zero attached hydrogens (tertiary/aromatic N) is 4. The van der Waals surface area contributed by atoms with Crippen LogP contribution < -0.4 is 25.4 Å². The van der Waals surface area contributed by atoms with Gasteiger partial charge in [0.25, 0.3) is 0 Å². The fourth-order valence-electron chi connectivity index (χ4n) is 3.25. The van der Waals surface area contributed by atoms with E-state index in [0.29, 0.717) is 66.2 Å². The van der Waals surface area contributed by atoms with Crippen molar-refractivity contribution < 1.29 is 18.7 Å². The third-order valence-corrected chi connectivity index (χ3v) is 4.82. The maximum Gasteiger partial charge on any atom is 0.324 e. The minimum atomic E-state index is -0.199. The molecule has 1 aliphatic rings. The van der Waals surface area contributed by atoms with Gasteiger partial charge in [0.05, 0.1) is 26.0 Å². The Kier molecular flexibility index (Phi) is 4.98. The first-order chi connectivity index (χ1) is 14.1. The number of hydrogen-bond acceptors (Lipinski definition) is 8. The second-order valence-electron chi connectivity index (χ2n) is 6.51. The molecule has 0 aliphatic carbocycles. The lowest BCUT2D eigenvalue weighted by Crippen LogP contribution is -2.50. The van der Waals surface area contributed by atoms with Crippen LogP contribution in [-0.4, -0.2) is 61.3 Å². The van der Waals surface area contributed by atoms with E-state index in [1.807, 2.05) is 4.90 Å². The number of aromatic nitrogens is 2. The van der Waals surface area contributed by atoms with Gasteiger partial charge in [-0.1, -0.05) is 0 Å². The summed E-state index contributed by atoms with van der Waals surface area (Å²) in [6.07, 6.45) is 1.51. The van der Waals surface area contributed by atoms with Gasteiger partial charge >= 0.3 is 6.03 Å². The molecule has 0 spiro atoms. The van der Waals surface area contributed by atoms with Gasteiger partial charge in [-0.05, 0) is 12.1 Å². The Morgan fingerprint density at radius 3 is 2.52 bits per heavy atom. The molecule has 10 heteroatoms. The van der Waals surface area contributed by atoms with Crippen molar-refractivity contribution in [2.45, 2.75) is 0 Å². The van der Waals surface area contributed by atoms with Crippen LogP contribution in [0.25, 0.3) is 10.9 Å². The Bertz CT molecular complexity index is 1020. The summed E-state index contributed by atoms with van der Waals surface area (Å²) >= 11 is 0. The van der Waals surface area contributed by atoms with Gasteiger partial charge in [-0.25, -0.2) is 9.78 Å². The quantitative estimate of drug-likeness (QED) is 0.686. The Morgan fingerprint density at radius 1 is 1.14 bits per heavy atom. The molecule has 0 atom stereocenters. The lowest BCUT2D eigenvalue weighted by molar-refractivity contribution is 0.207. The number of fused-ring (bicyclic) bond motifs is 1. The molecule has 1 fully saturated rings. The monoisotopic (exact) mass is 398 g/mol. The molecule has 3 aromatic rings. The SMILES string of the molecule is COc1cc2nc(N3CCN(C(=O)Nc4ccco4)CC3)nc(N)c2cc1OC. The smallest absolute Gasteiger partial charge is 0.324 e. The molecule has 4 rings (SSSR count). The number of nitrogen functional groups attached to an aromatic ring is 1. The number of nitrogens with one attached hydrogen (secondary N) is 1. The average molecular weight is 398 g/mol. The lowest BCUT2D eigenvalue weighted by Gasteiger charge is -2.34. The molecule has 2 amide bonds. The Balaban J connectivity index is 1.50. The summed E-state index contributed by atoms with van der Waals surface area (Å²) in [6, 6.07) is 6.77. The Labute approximate surface area is 167 Å². The van der Waals surface area contributed by atoms with Crippen molar-refractivity contribution >= 4 is 34.6 Å². The average Bonchev–Trinajstić information content (AvgIpc) is 3.25. The number of carbonyl (C=O) groups is 1. The van der Waals surface area contributed by atoms with Crippen molar-refractivity contribution in [3.8, 4) is 11.5 Å². The van der Waals surface area contributed by atoms with Gasteiger partial charge in [-0.3, -0.25) is 5.32 Å². The molecular formula is C19H22N6O4. The fraction of sp³-hybridized carbons (Fsp3) is 0.316. The zero-order valence-corrected chi connectivity index (χ0v) is 16.2. The van der Waals surface area contributed by atoms with Crippen LogP contribution in [0.5, 0.6) is 11.5 Å². The molecule has 3 N–H and O–H groups in total. The number of methoxy groups -OCH3 is 2. The highest BCUT2D eigenvalue weighted by molar-refractivity contribution is 5.92. The summed E-state index contributed by atoms with van der Waals surface area (Å²) in [5.74, 6) is 2.45. The van der Waals surface area contributed by atoms with E-state index in [4.69, 9.17) is 19.6 Å². The Hall–Kier alpha value is -3.69. The lowest BCUT2D eigenvalue weighted by atomic mass is 10.2. The zero-order chi connectivity index (χ0) is 20.4. The topological polar surface area (TPSA) is 119 Å². The van der Waals surface area contributed by atoms with E-state index in [1.165, 1.54) is 6.26 Å². The molecular weight excluding hydrogens is 376 g/mol. The van der Waals surface area contributed by atoms with Gasteiger partial charge in [0.1, 0.15) is 5.82 Å². The van der Waals surface area contributed by atoms with Crippen molar-refractivity contribution in [3.05, 3.63) is 30.5 Å². The molecule has 1 aliphatic heterocycles. The molecule has 2 aromatic heterocycles. The van der Waals surface area contributed by atoms with Crippen molar-refractivity contribution in [2.75, 3.05) is 56.3 Å². The van der Waals surface area contributed by atoms with Crippen LogP contribution in [0.15, 0.2) is 34.9 Å². The molecule has 1 saturated heterocycles. The van der Waals surface area contributed by atoms with Crippen LogP contribution in [0.1, 0.15) is 0 Å². The first-order valence-electron chi connectivity index (χ1n) is 9.12. The maximum atomic E-state index is 12.3. The predicted octanol–water partition coefficient (Wildman–Crippen LogP) is 2.18. The van der Waals surface area contributed by atoms with E-state index in [2.05, 4.69) is 15.3 Å². The standard InChI is InChI=1S/C19H22N6O4/c1-27-14-10-12-13(11-15(14)28-2)21-18(23-17(12)20)24-5-7-25(8-6-24)19(26)22-16-4-3-9-29-16/h3-4,9-11H,5-8H2,1-2H3,(H,22,26)(H2,20,21,23). The Morgan fingerprint density at radius 2 is 1.86 bits per heavy atom. The molecule has 0 radical (unpaired) electrons. The van der Waals surface area contributed by atoms with Gasteiger partial charge in [-0.2, -0.15) is 4.98 Å². The second kappa shape index (κ2) is 7.74. The van der Waals surface area contributed by atoms with Crippen LogP contribution >= 0.6 is 0 Å². The largest absolute Gasteiger partial charge is 0.493 e. The number of amides is 2. The number of hydrogen-bond donors (Lipinski definition) is 2. The van der Waals surface area contributed by atoms with E-state index < -0.39 is 0 Å². The van der Waals surface area contributed by atoms with Gasteiger partial charge in [0.15, 0.2) is 11.5 Å². The maximum absolute atomic E-state index is 12.3. The number of nitrogens with two attached hydrogens (primary N) is 1. The first-order valence-corrected chi connectivity index (χ1v) is 9.12. The molecule has 10 nitrogen and oxygen atoms in total. The van der Waals surface area contributed by atoms with Gasteiger partial charge < -0.3 is 29.4 Å². The second-order valence-corrected chi connectivity index (χ2v) is 6.51. The van der Waals surface area contributed by atoms with Crippen molar-refractivity contribution in [3.63, 3.8) is 0 Å². The number of urea groups is 1. The summed E-state index contributed by atoms with van der Waals surface area (Å²) in [7, 11) is 3.14. The van der Waals surface area contributed by atoms with Crippen molar-refractivity contribution in [2.24, 2.45) is 0 Å². The highest BCUT2D eigenvalue weighted by Crippen LogP contribution is 2.34. The summed E-state index contributed by atoms with van der Waals surface area (Å²) in [5, 5.41) is 3.42. The highest BCUT2D eigenvalue weighted by Gasteiger charge is 2.24. The molecule has 3 heterocycles. The summed E-state index contributed by atoms with van der Waals surface area (Å²) in [6.45, 7) is 2.23. The number of benzene rings is 1. The molecule has 152 valence electrons. The molecule has 0 unspecified atom stereocenters. The zero-order valence-electron chi connectivity index (χ0n) is 16.2. The van der Waals surface area contributed by atoms with Gasteiger partial charge in [-0.15, -0.1) is 0 Å². The normalized spacial score (nSPS) is 14.1. The van der Waals surface area contributed by atoms with Crippen LogP contribution in [0.4, 0.5) is 22.4 Å². The molecule has 29 heavy (non-hydrogen) atoms. The van der Waals surface area contributed by atoms with Crippen LogP contribution in [-0.2, 0) is 0 Å². The van der Waals surface area contributed by atoms with Gasteiger partial charge in [0.2, 0.25) is 11.8 Å². The number of furan rings is 1. The minimum Gasteiger partial charge on any atom is -0.493 e. The van der Waals surface area contributed by atoms with E-state index in [-0.39, 0.29) is 6.03 Å². The molecule has 0 saturated carbocycles. The fourth-order valence-corrected chi connectivity index (χ4v) is 3.25. The predicted molar refractivity (Wildman–Crippen MR) is 109 cm³/mol. The first kappa shape index (κ1) is 18.7. The van der Waals surface area contributed by atoms with E-state index in [9.17, 15) is 4.79 Å². The van der Waals surface area contributed by atoms with Crippen LogP contribution in [0.3, 0.4) is 0 Å². The van der Waals surface area contributed by atoms with Crippen molar-refractivity contribution in [1.82, 2.24) is 14.9 Å². The third-order valence-electron chi connectivity index (χ3n) is 4.82. The third kappa shape index (κ3) is 3.68.